The smallest absolute Gasteiger partial charge is 0.0644 e. The zero-order valence-corrected chi connectivity index (χ0v) is 11.9. The van der Waals surface area contributed by atoms with E-state index in [4.69, 9.17) is 0 Å². The number of halogens is 1. The Labute approximate surface area is 108 Å². The number of nitrogens with zero attached hydrogens (tertiary/aromatic N) is 2. The van der Waals surface area contributed by atoms with E-state index in [9.17, 15) is 0 Å². The van der Waals surface area contributed by atoms with Crippen LogP contribution in [-0.4, -0.2) is 16.8 Å². The molecule has 2 heterocycles. The van der Waals surface area contributed by atoms with Gasteiger partial charge in [-0.05, 0) is 40.8 Å². The van der Waals surface area contributed by atoms with Crippen LogP contribution in [-0.2, 0) is 7.05 Å². The molecule has 0 saturated carbocycles. The quantitative estimate of drug-likeness (QED) is 0.944. The second kappa shape index (κ2) is 4.69. The van der Waals surface area contributed by atoms with Gasteiger partial charge in [0, 0.05) is 28.7 Å². The van der Waals surface area contributed by atoms with E-state index in [0.717, 1.165) is 10.2 Å². The maximum Gasteiger partial charge on any atom is 0.0644 e. The van der Waals surface area contributed by atoms with Crippen molar-refractivity contribution >= 4 is 27.3 Å². The molecule has 1 N–H and O–H groups in total. The van der Waals surface area contributed by atoms with Crippen molar-refractivity contribution < 1.29 is 0 Å². The lowest BCUT2D eigenvalue weighted by Crippen LogP contribution is -2.17. The van der Waals surface area contributed by atoms with Gasteiger partial charge in [-0.2, -0.15) is 16.4 Å². The van der Waals surface area contributed by atoms with Gasteiger partial charge in [0.1, 0.15) is 0 Å². The summed E-state index contributed by atoms with van der Waals surface area (Å²) < 4.78 is 3.01. The predicted molar refractivity (Wildman–Crippen MR) is 70.9 cm³/mol. The first-order chi connectivity index (χ1) is 7.63. The lowest BCUT2D eigenvalue weighted by Gasteiger charge is -2.15. The maximum absolute atomic E-state index is 4.38. The highest BCUT2D eigenvalue weighted by atomic mass is 79.9. The van der Waals surface area contributed by atoms with Gasteiger partial charge in [0.2, 0.25) is 0 Å². The van der Waals surface area contributed by atoms with Crippen LogP contribution in [0.3, 0.4) is 0 Å². The van der Waals surface area contributed by atoms with Gasteiger partial charge in [-0.1, -0.05) is 0 Å². The third-order valence-electron chi connectivity index (χ3n) is 2.60. The minimum atomic E-state index is 0.203. The molecule has 0 spiro atoms. The Hall–Kier alpha value is -0.650. The van der Waals surface area contributed by atoms with E-state index in [1.165, 1.54) is 11.1 Å². The molecule has 0 radical (unpaired) electrons. The molecule has 2 aromatic heterocycles. The third-order valence-corrected chi connectivity index (χ3v) is 4.36. The number of hydrogen-bond donors (Lipinski definition) is 1. The van der Waals surface area contributed by atoms with Crippen LogP contribution >= 0.6 is 27.3 Å². The Morgan fingerprint density at radius 1 is 1.44 bits per heavy atom. The summed E-state index contributed by atoms with van der Waals surface area (Å²) >= 11 is 5.28. The number of aromatic nitrogens is 2. The molecule has 5 heteroatoms. The SMILES string of the molecule is CNC(c1cscc1Br)c1cn(C)nc1C. The van der Waals surface area contributed by atoms with Gasteiger partial charge in [-0.3, -0.25) is 4.68 Å². The van der Waals surface area contributed by atoms with Gasteiger partial charge in [-0.15, -0.1) is 0 Å². The number of aryl methyl sites for hydroxylation is 2. The zero-order valence-electron chi connectivity index (χ0n) is 9.49. The first kappa shape index (κ1) is 11.8. The predicted octanol–water partition coefficient (Wildman–Crippen LogP) is 2.86. The largest absolute Gasteiger partial charge is 0.309 e. The summed E-state index contributed by atoms with van der Waals surface area (Å²) in [6.45, 7) is 2.04. The molecule has 0 aliphatic heterocycles. The molecule has 3 nitrogen and oxygen atoms in total. The fourth-order valence-corrected chi connectivity index (χ4v) is 3.43. The Morgan fingerprint density at radius 2 is 2.19 bits per heavy atom. The molecule has 0 bridgehead atoms. The first-order valence-electron chi connectivity index (χ1n) is 5.02. The van der Waals surface area contributed by atoms with Gasteiger partial charge in [-0.25, -0.2) is 0 Å². The summed E-state index contributed by atoms with van der Waals surface area (Å²) in [5.74, 6) is 0. The number of hydrogen-bond acceptors (Lipinski definition) is 3. The molecule has 0 amide bonds. The second-order valence-corrected chi connectivity index (χ2v) is 5.34. The number of rotatable bonds is 3. The minimum absolute atomic E-state index is 0.203. The highest BCUT2D eigenvalue weighted by molar-refractivity contribution is 9.10. The Bertz CT molecular complexity index is 489. The fourth-order valence-electron chi connectivity index (χ4n) is 1.88. The first-order valence-corrected chi connectivity index (χ1v) is 6.76. The van der Waals surface area contributed by atoms with Crippen molar-refractivity contribution in [3.05, 3.63) is 38.3 Å². The van der Waals surface area contributed by atoms with Crippen LogP contribution in [0.25, 0.3) is 0 Å². The van der Waals surface area contributed by atoms with Crippen LogP contribution in [0.4, 0.5) is 0 Å². The van der Waals surface area contributed by atoms with Crippen molar-refractivity contribution in [3.63, 3.8) is 0 Å². The van der Waals surface area contributed by atoms with Gasteiger partial charge >= 0.3 is 0 Å². The van der Waals surface area contributed by atoms with Crippen LogP contribution in [0, 0.1) is 6.92 Å². The molecule has 0 aliphatic rings. The fraction of sp³-hybridized carbons (Fsp3) is 0.364. The van der Waals surface area contributed by atoms with E-state index in [0.29, 0.717) is 0 Å². The Morgan fingerprint density at radius 3 is 2.62 bits per heavy atom. The van der Waals surface area contributed by atoms with Gasteiger partial charge in [0.15, 0.2) is 0 Å². The second-order valence-electron chi connectivity index (χ2n) is 3.74. The van der Waals surface area contributed by atoms with Crippen LogP contribution in [0.2, 0.25) is 0 Å². The lowest BCUT2D eigenvalue weighted by molar-refractivity contribution is 0.686. The topological polar surface area (TPSA) is 29.9 Å². The Kier molecular flexibility index (Phi) is 3.47. The molecule has 2 rings (SSSR count). The summed E-state index contributed by atoms with van der Waals surface area (Å²) in [6.07, 6.45) is 2.07. The van der Waals surface area contributed by atoms with Crippen molar-refractivity contribution in [1.29, 1.82) is 0 Å². The molecule has 16 heavy (non-hydrogen) atoms. The molecule has 86 valence electrons. The van der Waals surface area contributed by atoms with Gasteiger partial charge in [0.05, 0.1) is 11.7 Å². The van der Waals surface area contributed by atoms with Crippen LogP contribution in [0.1, 0.15) is 22.9 Å². The van der Waals surface area contributed by atoms with E-state index in [1.54, 1.807) is 11.3 Å². The van der Waals surface area contributed by atoms with E-state index < -0.39 is 0 Å². The zero-order chi connectivity index (χ0) is 11.7. The van der Waals surface area contributed by atoms with Crippen molar-refractivity contribution in [1.82, 2.24) is 15.1 Å². The molecular formula is C11H14BrN3S. The molecule has 1 unspecified atom stereocenters. The summed E-state index contributed by atoms with van der Waals surface area (Å²) in [6, 6.07) is 0.203. The van der Waals surface area contributed by atoms with E-state index >= 15 is 0 Å². The van der Waals surface area contributed by atoms with Crippen LogP contribution in [0.5, 0.6) is 0 Å². The minimum Gasteiger partial charge on any atom is -0.309 e. The van der Waals surface area contributed by atoms with Crippen LogP contribution in [0.15, 0.2) is 21.4 Å². The van der Waals surface area contributed by atoms with E-state index in [2.05, 4.69) is 43.3 Å². The molecule has 0 saturated heterocycles. The molecular weight excluding hydrogens is 286 g/mol. The van der Waals surface area contributed by atoms with Gasteiger partial charge in [0.25, 0.3) is 0 Å². The summed E-state index contributed by atoms with van der Waals surface area (Å²) in [7, 11) is 3.92. The molecule has 2 aromatic rings. The average Bonchev–Trinajstić information content (AvgIpc) is 2.77. The average molecular weight is 300 g/mol. The van der Waals surface area contributed by atoms with E-state index in [1.807, 2.05) is 25.7 Å². The lowest BCUT2D eigenvalue weighted by atomic mass is 10.0. The highest BCUT2D eigenvalue weighted by Gasteiger charge is 2.19. The van der Waals surface area contributed by atoms with E-state index in [-0.39, 0.29) is 6.04 Å². The molecule has 1 atom stereocenters. The summed E-state index contributed by atoms with van der Waals surface area (Å²) in [5, 5.41) is 12.0. The Balaban J connectivity index is 2.44. The van der Waals surface area contributed by atoms with Crippen molar-refractivity contribution in [3.8, 4) is 0 Å². The standard InChI is InChI=1S/C11H14BrN3S/c1-7-8(4-15(3)14-7)11(13-2)9-5-16-6-10(9)12/h4-6,11,13H,1-3H3. The van der Waals surface area contributed by atoms with Crippen molar-refractivity contribution in [2.24, 2.45) is 7.05 Å². The van der Waals surface area contributed by atoms with Gasteiger partial charge < -0.3 is 5.32 Å². The maximum atomic E-state index is 4.38. The normalized spacial score (nSPS) is 13.0. The molecule has 0 aliphatic carbocycles. The van der Waals surface area contributed by atoms with Crippen LogP contribution < -0.4 is 5.32 Å². The summed E-state index contributed by atoms with van der Waals surface area (Å²) in [5.41, 5.74) is 3.56. The highest BCUT2D eigenvalue weighted by Crippen LogP contribution is 2.32. The summed E-state index contributed by atoms with van der Waals surface area (Å²) in [4.78, 5) is 0. The number of nitrogens with one attached hydrogen (secondary N) is 1. The molecule has 0 aromatic carbocycles. The van der Waals surface area contributed by atoms with Crippen molar-refractivity contribution in [2.45, 2.75) is 13.0 Å². The monoisotopic (exact) mass is 299 g/mol. The molecule has 0 fully saturated rings. The van der Waals surface area contributed by atoms with Crippen molar-refractivity contribution in [2.75, 3.05) is 7.05 Å². The number of thiophene rings is 1. The third kappa shape index (κ3) is 2.07.